The first kappa shape index (κ1) is 14.5. The fourth-order valence-electron chi connectivity index (χ4n) is 1.62. The molecule has 1 atom stereocenters. The Labute approximate surface area is 122 Å². The van der Waals surface area contributed by atoms with E-state index in [1.807, 2.05) is 19.1 Å². The first-order chi connectivity index (χ1) is 9.60. The third kappa shape index (κ3) is 3.54. The van der Waals surface area contributed by atoms with Crippen LogP contribution in [0.5, 0.6) is 5.75 Å². The van der Waals surface area contributed by atoms with Gasteiger partial charge < -0.3 is 14.5 Å². The molecule has 0 saturated carbocycles. The Hall–Kier alpha value is -1.94. The standard InChI is InChI=1S/C15H16ClNO3/c1-3-10(2)20-12-6-4-5-11(9-12)17-15(18)13-7-8-19-14(13)16/h4-10H,3H2,1-2H3,(H,17,18). The van der Waals surface area contributed by atoms with Crippen molar-refractivity contribution in [3.05, 3.63) is 47.4 Å². The SMILES string of the molecule is CCC(C)Oc1cccc(NC(=O)c2ccoc2Cl)c1. The maximum atomic E-state index is 12.0. The van der Waals surface area contributed by atoms with Gasteiger partial charge >= 0.3 is 0 Å². The highest BCUT2D eigenvalue weighted by atomic mass is 35.5. The summed E-state index contributed by atoms with van der Waals surface area (Å²) in [5, 5.41) is 2.83. The first-order valence-corrected chi connectivity index (χ1v) is 6.79. The molecular formula is C15H16ClNO3. The molecule has 2 aromatic rings. The Balaban J connectivity index is 2.08. The fraction of sp³-hybridized carbons (Fsp3) is 0.267. The number of hydrogen-bond acceptors (Lipinski definition) is 3. The number of rotatable bonds is 5. The molecule has 20 heavy (non-hydrogen) atoms. The number of anilines is 1. The van der Waals surface area contributed by atoms with Gasteiger partial charge in [0.1, 0.15) is 5.75 Å². The number of furan rings is 1. The number of carbonyl (C=O) groups is 1. The van der Waals surface area contributed by atoms with E-state index in [0.29, 0.717) is 11.3 Å². The average Bonchev–Trinajstić information content (AvgIpc) is 2.85. The van der Waals surface area contributed by atoms with Crippen molar-refractivity contribution in [3.8, 4) is 5.75 Å². The second-order valence-corrected chi connectivity index (χ2v) is 4.77. The number of ether oxygens (including phenoxy) is 1. The van der Waals surface area contributed by atoms with E-state index in [-0.39, 0.29) is 17.2 Å². The number of carbonyl (C=O) groups excluding carboxylic acids is 1. The Kier molecular flexibility index (Phi) is 4.69. The smallest absolute Gasteiger partial charge is 0.260 e. The van der Waals surface area contributed by atoms with Gasteiger partial charge in [0, 0.05) is 11.8 Å². The highest BCUT2D eigenvalue weighted by Crippen LogP contribution is 2.22. The lowest BCUT2D eigenvalue weighted by atomic mass is 10.2. The molecule has 1 heterocycles. The quantitative estimate of drug-likeness (QED) is 0.891. The lowest BCUT2D eigenvalue weighted by Gasteiger charge is -2.13. The molecule has 5 heteroatoms. The molecule has 0 radical (unpaired) electrons. The van der Waals surface area contributed by atoms with E-state index in [2.05, 4.69) is 12.2 Å². The van der Waals surface area contributed by atoms with Crippen LogP contribution in [-0.4, -0.2) is 12.0 Å². The molecule has 0 spiro atoms. The molecule has 0 bridgehead atoms. The highest BCUT2D eigenvalue weighted by Gasteiger charge is 2.13. The second kappa shape index (κ2) is 6.48. The van der Waals surface area contributed by atoms with Crippen molar-refractivity contribution >= 4 is 23.2 Å². The second-order valence-electron chi connectivity index (χ2n) is 4.43. The molecule has 0 aliphatic carbocycles. The van der Waals surface area contributed by atoms with Gasteiger partial charge in [0.25, 0.3) is 5.91 Å². The molecule has 106 valence electrons. The molecule has 2 rings (SSSR count). The molecule has 1 aromatic carbocycles. The van der Waals surface area contributed by atoms with Crippen LogP contribution >= 0.6 is 11.6 Å². The minimum absolute atomic E-state index is 0.0782. The summed E-state index contributed by atoms with van der Waals surface area (Å²) < 4.78 is 10.6. The van der Waals surface area contributed by atoms with E-state index in [9.17, 15) is 4.79 Å². The lowest BCUT2D eigenvalue weighted by molar-refractivity contribution is 0.102. The third-order valence-electron chi connectivity index (χ3n) is 2.87. The van der Waals surface area contributed by atoms with Crippen LogP contribution in [0.2, 0.25) is 5.22 Å². The van der Waals surface area contributed by atoms with Gasteiger partial charge in [0.2, 0.25) is 5.22 Å². The van der Waals surface area contributed by atoms with Crippen LogP contribution in [0, 0.1) is 0 Å². The maximum Gasteiger partial charge on any atom is 0.260 e. The molecule has 0 fully saturated rings. The van der Waals surface area contributed by atoms with Gasteiger partial charge in [-0.05, 0) is 43.1 Å². The minimum atomic E-state index is -0.315. The predicted molar refractivity (Wildman–Crippen MR) is 78.5 cm³/mol. The Morgan fingerprint density at radius 2 is 2.25 bits per heavy atom. The van der Waals surface area contributed by atoms with E-state index in [4.69, 9.17) is 20.8 Å². The Bertz CT molecular complexity index is 594. The van der Waals surface area contributed by atoms with Crippen LogP contribution < -0.4 is 10.1 Å². The monoisotopic (exact) mass is 293 g/mol. The first-order valence-electron chi connectivity index (χ1n) is 6.41. The summed E-state index contributed by atoms with van der Waals surface area (Å²) in [6.07, 6.45) is 2.42. The summed E-state index contributed by atoms with van der Waals surface area (Å²) in [5.74, 6) is 0.403. The zero-order chi connectivity index (χ0) is 14.5. The molecular weight excluding hydrogens is 278 g/mol. The molecule has 1 unspecified atom stereocenters. The van der Waals surface area contributed by atoms with Crippen LogP contribution in [0.15, 0.2) is 41.0 Å². The summed E-state index contributed by atoms with van der Waals surface area (Å²) in [5.41, 5.74) is 0.952. The van der Waals surface area contributed by atoms with Gasteiger partial charge in [0.15, 0.2) is 0 Å². The fourth-order valence-corrected chi connectivity index (χ4v) is 1.82. The van der Waals surface area contributed by atoms with Crippen LogP contribution in [0.1, 0.15) is 30.6 Å². The van der Waals surface area contributed by atoms with Crippen LogP contribution in [0.25, 0.3) is 0 Å². The normalized spacial score (nSPS) is 11.9. The molecule has 4 nitrogen and oxygen atoms in total. The van der Waals surface area contributed by atoms with E-state index in [0.717, 1.165) is 12.2 Å². The van der Waals surface area contributed by atoms with Crippen molar-refractivity contribution < 1.29 is 13.9 Å². The van der Waals surface area contributed by atoms with Crippen molar-refractivity contribution in [1.29, 1.82) is 0 Å². The topological polar surface area (TPSA) is 51.5 Å². The largest absolute Gasteiger partial charge is 0.491 e. The molecule has 1 amide bonds. The van der Waals surface area contributed by atoms with E-state index >= 15 is 0 Å². The zero-order valence-electron chi connectivity index (χ0n) is 11.4. The van der Waals surface area contributed by atoms with Gasteiger partial charge in [-0.15, -0.1) is 0 Å². The number of benzene rings is 1. The Morgan fingerprint density at radius 1 is 1.45 bits per heavy atom. The minimum Gasteiger partial charge on any atom is -0.491 e. The molecule has 0 saturated heterocycles. The van der Waals surface area contributed by atoms with E-state index in [1.165, 1.54) is 12.3 Å². The number of hydrogen-bond donors (Lipinski definition) is 1. The molecule has 0 aliphatic heterocycles. The lowest BCUT2D eigenvalue weighted by Crippen LogP contribution is -2.12. The van der Waals surface area contributed by atoms with Gasteiger partial charge in [-0.3, -0.25) is 4.79 Å². The van der Waals surface area contributed by atoms with Gasteiger partial charge in [-0.25, -0.2) is 0 Å². The van der Waals surface area contributed by atoms with Gasteiger partial charge in [0.05, 0.1) is 17.9 Å². The predicted octanol–water partition coefficient (Wildman–Crippen LogP) is 4.36. The summed E-state index contributed by atoms with van der Waals surface area (Å²) in [6, 6.07) is 8.77. The van der Waals surface area contributed by atoms with Crippen LogP contribution in [0.3, 0.4) is 0 Å². The third-order valence-corrected chi connectivity index (χ3v) is 3.16. The van der Waals surface area contributed by atoms with Gasteiger partial charge in [-0.2, -0.15) is 0 Å². The molecule has 0 aliphatic rings. The van der Waals surface area contributed by atoms with Crippen molar-refractivity contribution in [2.45, 2.75) is 26.4 Å². The van der Waals surface area contributed by atoms with Crippen molar-refractivity contribution in [2.24, 2.45) is 0 Å². The number of nitrogens with one attached hydrogen (secondary N) is 1. The summed E-state index contributed by atoms with van der Waals surface area (Å²) in [6.45, 7) is 4.05. The van der Waals surface area contributed by atoms with Gasteiger partial charge in [-0.1, -0.05) is 13.0 Å². The average molecular weight is 294 g/mol. The summed E-state index contributed by atoms with van der Waals surface area (Å²) >= 11 is 5.77. The van der Waals surface area contributed by atoms with Crippen molar-refractivity contribution in [2.75, 3.05) is 5.32 Å². The van der Waals surface area contributed by atoms with Crippen molar-refractivity contribution in [1.82, 2.24) is 0 Å². The summed E-state index contributed by atoms with van der Waals surface area (Å²) in [4.78, 5) is 12.0. The van der Waals surface area contributed by atoms with Crippen LogP contribution in [0.4, 0.5) is 5.69 Å². The summed E-state index contributed by atoms with van der Waals surface area (Å²) in [7, 11) is 0. The van der Waals surface area contributed by atoms with Crippen LogP contribution in [-0.2, 0) is 0 Å². The van der Waals surface area contributed by atoms with Crippen molar-refractivity contribution in [3.63, 3.8) is 0 Å². The zero-order valence-corrected chi connectivity index (χ0v) is 12.1. The van der Waals surface area contributed by atoms with E-state index < -0.39 is 0 Å². The molecule has 1 N–H and O–H groups in total. The number of halogens is 1. The molecule has 1 aromatic heterocycles. The maximum absolute atomic E-state index is 12.0. The number of amides is 1. The highest BCUT2D eigenvalue weighted by molar-refractivity contribution is 6.32. The Morgan fingerprint density at radius 3 is 2.90 bits per heavy atom. The van der Waals surface area contributed by atoms with E-state index in [1.54, 1.807) is 12.1 Å².